The van der Waals surface area contributed by atoms with E-state index in [-0.39, 0.29) is 77.7 Å². The van der Waals surface area contributed by atoms with Gasteiger partial charge in [0.25, 0.3) is 0 Å². The summed E-state index contributed by atoms with van der Waals surface area (Å²) in [6.07, 6.45) is 3.51. The molecule has 0 aromatic heterocycles. The number of ketones is 2. The van der Waals surface area contributed by atoms with Crippen molar-refractivity contribution in [2.75, 3.05) is 60.4 Å². The van der Waals surface area contributed by atoms with E-state index in [1.54, 1.807) is 45.2 Å². The number of primary amides is 1. The van der Waals surface area contributed by atoms with Crippen molar-refractivity contribution < 1.29 is 87.6 Å². The standard InChI is InChI=1S/C26H27NO10.C19H28N6O6.C6H12.C2H7N.C2H6.CH4O.2CH2O/c1-11-14(29)6-7-18(36-11)37-16-9-27(17(30)10-28)8-13-20(16)26(34)22-21(24(13)32)23(31)12-4-3-5-15(35-2)19(12)25(22)33;1-11(21-3)16(26)23-12(2)17(27)25-15(8-9-22-30)18(28)24-14-6-4-13(5-7-14)10-31-19(20)29;1-3-5-6-4-2;1-3-2;4*1-2/h3-5,11,14,16,18,28-29,32,34H,6-10H2,1-2H3;4-7,11-12,15,21H,8-10H2,1-3H3,(H2,20,29)(H,23,26)(H,24,28)(H,25,27);3,5H,4,6H2,1-2H3;3H,1-2H3;1-2H3;2H,1H3;2*1H2/b;;5-3+;;;;;/t11-,14-,16-,18?;11?,12-,15?;;;;;;/m00....../s1. The van der Waals surface area contributed by atoms with Crippen LogP contribution in [0.3, 0.4) is 0 Å². The summed E-state index contributed by atoms with van der Waals surface area (Å²) in [5, 5.41) is 65.1. The lowest BCUT2D eigenvalue weighted by molar-refractivity contribution is -0.239. The number of aliphatic hydroxyl groups excluding tert-OH is 3. The van der Waals surface area contributed by atoms with Crippen molar-refractivity contribution in [3.63, 3.8) is 0 Å². The van der Waals surface area contributed by atoms with Crippen LogP contribution in [0.2, 0.25) is 0 Å². The van der Waals surface area contributed by atoms with Gasteiger partial charge in [0.15, 0.2) is 12.1 Å². The number of nitrogens with two attached hydrogens (primary N) is 1. The lowest BCUT2D eigenvalue weighted by Crippen LogP contribution is -2.54. The van der Waals surface area contributed by atoms with Gasteiger partial charge in [-0.15, -0.1) is 0 Å². The van der Waals surface area contributed by atoms with Crippen LogP contribution in [-0.4, -0.2) is 177 Å². The quantitative estimate of drug-likeness (QED) is 0.0385. The number of fused-ring (bicyclic) bond motifs is 3. The third-order valence-electron chi connectivity index (χ3n) is 12.2. The van der Waals surface area contributed by atoms with Crippen molar-refractivity contribution in [3.05, 3.63) is 98.5 Å². The van der Waals surface area contributed by atoms with E-state index in [1.807, 2.05) is 41.5 Å². The van der Waals surface area contributed by atoms with Gasteiger partial charge in [-0.3, -0.25) is 28.8 Å². The van der Waals surface area contributed by atoms with E-state index in [1.165, 1.54) is 50.0 Å². The number of carbonyl (C=O) groups is 9. The number of carbonyl (C=O) groups excluding carboxylic acids is 9. The van der Waals surface area contributed by atoms with Crippen LogP contribution in [0.25, 0.3) is 0 Å². The SMILES string of the molecule is C/C=C/CCC.C=O.C=O.CC.CNC.CNC(C)C(=O)N[C@@H](C)C(=O)NC(CCN=O)C(=O)Nc1ccc(COC(N)=O)cc1.CO.COc1cccc2c1C(=O)c1c(O)c3c(c(O)c1C2=O)CN(C(=O)CO)C[C@@H]3OC1CC[C@H](O)[C@H](C)O1. The number of hydrogen-bond acceptors (Lipinski definition) is 22. The third kappa shape index (κ3) is 24.2. The van der Waals surface area contributed by atoms with E-state index >= 15 is 0 Å². The molecule has 0 bridgehead atoms. The number of phenols is 2. The number of methoxy groups -OCH3 is 1. The molecule has 3 aliphatic rings. The van der Waals surface area contributed by atoms with Crippen LogP contribution in [-0.2, 0) is 56.1 Å². The third-order valence-corrected chi connectivity index (χ3v) is 12.2. The highest BCUT2D eigenvalue weighted by molar-refractivity contribution is 6.31. The Bertz CT molecular complexity index is 2600. The first-order valence-electron chi connectivity index (χ1n) is 27.0. The maximum absolute atomic E-state index is 13.6. The molecule has 1 aliphatic carbocycles. The maximum atomic E-state index is 13.6. The summed E-state index contributed by atoms with van der Waals surface area (Å²) in [6, 6.07) is 8.47. The molecule has 1 saturated heterocycles. The average molecular weight is 1200 g/mol. The monoisotopic (exact) mass is 1200 g/mol. The number of allylic oxidation sites excluding steroid dienone is 2. The van der Waals surface area contributed by atoms with Crippen molar-refractivity contribution in [2.24, 2.45) is 10.9 Å². The predicted molar refractivity (Wildman–Crippen MR) is 317 cm³/mol. The van der Waals surface area contributed by atoms with Crippen LogP contribution in [0.5, 0.6) is 17.2 Å². The number of amides is 5. The van der Waals surface area contributed by atoms with Crippen LogP contribution < -0.4 is 37.1 Å². The van der Waals surface area contributed by atoms with Crippen molar-refractivity contribution in [2.45, 2.75) is 136 Å². The summed E-state index contributed by atoms with van der Waals surface area (Å²) in [7, 11) is 7.71. The minimum atomic E-state index is -1.06. The van der Waals surface area contributed by atoms with Gasteiger partial charge < -0.3 is 91.3 Å². The average Bonchev–Trinajstić information content (AvgIpc) is 3.62. The number of hydrogen-bond donors (Lipinski definition) is 11. The Labute approximate surface area is 496 Å². The topological polar surface area (TPSA) is 411 Å². The lowest BCUT2D eigenvalue weighted by Gasteiger charge is -2.39. The van der Waals surface area contributed by atoms with Gasteiger partial charge in [0.05, 0.1) is 61.7 Å². The molecule has 6 rings (SSSR count). The number of rotatable bonds is 18. The summed E-state index contributed by atoms with van der Waals surface area (Å²) in [5.74, 6) is -4.48. The van der Waals surface area contributed by atoms with E-state index in [4.69, 9.17) is 34.6 Å². The van der Waals surface area contributed by atoms with Gasteiger partial charge >= 0.3 is 6.09 Å². The van der Waals surface area contributed by atoms with Gasteiger partial charge in [0.1, 0.15) is 62.2 Å². The number of unbranched alkanes of at least 4 members (excludes halogenated alkanes) is 1. The highest BCUT2D eigenvalue weighted by Crippen LogP contribution is 2.49. The molecular formula is C58H88N8O19. The molecule has 27 heteroatoms. The minimum absolute atomic E-state index is 0.0109. The zero-order valence-corrected chi connectivity index (χ0v) is 50.6. The summed E-state index contributed by atoms with van der Waals surface area (Å²) in [6.45, 7) is 15.7. The van der Waals surface area contributed by atoms with Gasteiger partial charge in [-0.1, -0.05) is 68.8 Å². The van der Waals surface area contributed by atoms with Crippen LogP contribution in [0.15, 0.2) is 59.8 Å². The van der Waals surface area contributed by atoms with Crippen LogP contribution in [0.1, 0.15) is 135 Å². The van der Waals surface area contributed by atoms with Crippen LogP contribution >= 0.6 is 0 Å². The second kappa shape index (κ2) is 43.6. The molecule has 27 nitrogen and oxygen atoms in total. The fraction of sp³-hybridized carbons (Fsp3) is 0.500. The molecular weight excluding hydrogens is 1110 g/mol. The number of phenolic OH excluding ortho intramolecular Hbond substituents is 2. The Morgan fingerprint density at radius 3 is 1.98 bits per heavy atom. The molecule has 474 valence electrons. The molecule has 1 fully saturated rings. The van der Waals surface area contributed by atoms with E-state index in [0.717, 1.165) is 7.11 Å². The molecule has 5 amide bonds. The largest absolute Gasteiger partial charge is 0.507 e. The van der Waals surface area contributed by atoms with E-state index in [2.05, 4.69) is 62.5 Å². The smallest absolute Gasteiger partial charge is 0.404 e. The van der Waals surface area contributed by atoms with Crippen molar-refractivity contribution in [1.29, 1.82) is 0 Å². The molecule has 7 atom stereocenters. The second-order valence-electron chi connectivity index (χ2n) is 17.9. The molecule has 0 saturated carbocycles. The van der Waals surface area contributed by atoms with Crippen molar-refractivity contribution in [3.8, 4) is 17.2 Å². The fourth-order valence-corrected chi connectivity index (χ4v) is 7.98. The number of aliphatic hydroxyl groups is 3. The molecule has 2 heterocycles. The van der Waals surface area contributed by atoms with Gasteiger partial charge in [0.2, 0.25) is 29.4 Å². The Kier molecular flexibility index (Phi) is 40.5. The van der Waals surface area contributed by atoms with Gasteiger partial charge in [-0.25, -0.2) is 4.79 Å². The Morgan fingerprint density at radius 1 is 0.882 bits per heavy atom. The van der Waals surface area contributed by atoms with Crippen LogP contribution in [0.4, 0.5) is 10.5 Å². The number of nitroso groups, excluding NO2 is 1. The Hall–Kier alpha value is -8.05. The second-order valence-corrected chi connectivity index (χ2v) is 17.9. The van der Waals surface area contributed by atoms with Crippen molar-refractivity contribution >= 4 is 60.6 Å². The molecule has 0 spiro atoms. The van der Waals surface area contributed by atoms with E-state index in [9.17, 15) is 58.9 Å². The number of nitrogens with one attached hydrogen (secondary N) is 5. The molecule has 3 unspecified atom stereocenters. The maximum Gasteiger partial charge on any atom is 0.404 e. The number of anilines is 1. The number of benzene rings is 3. The molecule has 85 heavy (non-hydrogen) atoms. The molecule has 3 aromatic carbocycles. The number of nitrogens with zero attached hydrogens (tertiary/aromatic N) is 2. The first kappa shape index (κ1) is 79.0. The molecule has 2 aliphatic heterocycles. The molecule has 12 N–H and O–H groups in total. The van der Waals surface area contributed by atoms with E-state index in [0.29, 0.717) is 24.1 Å². The predicted octanol–water partition coefficient (Wildman–Crippen LogP) is 3.60. The number of aromatic hydroxyl groups is 2. The summed E-state index contributed by atoms with van der Waals surface area (Å²) >= 11 is 0. The minimum Gasteiger partial charge on any atom is -0.507 e. The summed E-state index contributed by atoms with van der Waals surface area (Å²) in [5.41, 5.74) is 5.33. The van der Waals surface area contributed by atoms with Crippen molar-refractivity contribution in [1.82, 2.24) is 26.2 Å². The van der Waals surface area contributed by atoms with Gasteiger partial charge in [0, 0.05) is 35.9 Å². The fourth-order valence-electron chi connectivity index (χ4n) is 7.98. The van der Waals surface area contributed by atoms with Gasteiger partial charge in [-0.05, 0) is 91.9 Å². The van der Waals surface area contributed by atoms with Crippen LogP contribution in [0, 0.1) is 4.91 Å². The first-order valence-corrected chi connectivity index (χ1v) is 27.0. The number of ether oxygens (including phenoxy) is 4. The summed E-state index contributed by atoms with van der Waals surface area (Å²) < 4.78 is 21.8. The highest BCUT2D eigenvalue weighted by atomic mass is 16.7. The lowest BCUT2D eigenvalue weighted by atomic mass is 9.78. The normalized spacial score (nSPS) is 16.8. The Balaban J connectivity index is 0. The zero-order chi connectivity index (χ0) is 65.5. The molecule has 3 aromatic rings. The summed E-state index contributed by atoms with van der Waals surface area (Å²) in [4.78, 5) is 115. The van der Waals surface area contributed by atoms with E-state index < -0.39 is 96.2 Å². The zero-order valence-electron chi connectivity index (χ0n) is 50.6. The Morgan fingerprint density at radius 2 is 1.47 bits per heavy atom. The molecule has 0 radical (unpaired) electrons. The first-order chi connectivity index (χ1) is 40.7. The number of likely N-dealkylation sites (N-methyl/N-ethyl adjacent to an activating group) is 1. The highest BCUT2D eigenvalue weighted by Gasteiger charge is 2.44. The van der Waals surface area contributed by atoms with Gasteiger partial charge in [-0.2, -0.15) is 4.91 Å².